The molecule has 0 aliphatic carbocycles. The van der Waals surface area contributed by atoms with Crippen LogP contribution in [-0.4, -0.2) is 28.5 Å². The molecular weight excluding hydrogens is 361 g/mol. The molecule has 1 N–H and O–H groups in total. The molecule has 2 heterocycles. The van der Waals surface area contributed by atoms with Gasteiger partial charge in [-0.1, -0.05) is 48.7 Å². The van der Waals surface area contributed by atoms with Gasteiger partial charge in [0.05, 0.1) is 22.8 Å². The molecule has 1 aliphatic rings. The topological polar surface area (TPSA) is 67.3 Å². The number of carbonyl (C=O) groups excluding carboxylic acids is 1. The van der Waals surface area contributed by atoms with Crippen molar-refractivity contribution < 1.29 is 9.53 Å². The Morgan fingerprint density at radius 2 is 2.08 bits per heavy atom. The Bertz CT molecular complexity index is 816. The van der Waals surface area contributed by atoms with Gasteiger partial charge in [0.15, 0.2) is 5.82 Å². The predicted octanol–water partition coefficient (Wildman–Crippen LogP) is 4.91. The number of nitrogens with zero attached hydrogens (tertiary/aromatic N) is 2. The molecular formula is C18H19Cl2N3O2. The molecule has 3 rings (SSSR count). The van der Waals surface area contributed by atoms with E-state index in [0.29, 0.717) is 28.9 Å². The van der Waals surface area contributed by atoms with E-state index in [2.05, 4.69) is 22.1 Å². The lowest BCUT2D eigenvalue weighted by atomic mass is 9.76. The number of benzene rings is 1. The van der Waals surface area contributed by atoms with Gasteiger partial charge in [-0.2, -0.15) is 5.10 Å². The molecule has 0 amide bonds. The molecule has 2 atom stereocenters. The first-order valence-corrected chi connectivity index (χ1v) is 9.05. The molecule has 0 fully saturated rings. The van der Waals surface area contributed by atoms with Crippen molar-refractivity contribution in [2.24, 2.45) is 10.9 Å². The maximum atomic E-state index is 12.8. The SMILES string of the molecule is CCCC1=Nc2[nH]ncc2C(c2cccc(Cl)c2Cl)C1C(=O)OCC. The van der Waals surface area contributed by atoms with Gasteiger partial charge >= 0.3 is 5.97 Å². The van der Waals surface area contributed by atoms with E-state index < -0.39 is 5.92 Å². The zero-order valence-electron chi connectivity index (χ0n) is 14.1. The highest BCUT2D eigenvalue weighted by Crippen LogP contribution is 2.45. The second kappa shape index (κ2) is 7.58. The maximum absolute atomic E-state index is 12.8. The molecule has 0 saturated carbocycles. The molecule has 132 valence electrons. The Morgan fingerprint density at radius 1 is 1.28 bits per heavy atom. The minimum absolute atomic E-state index is 0.303. The molecule has 0 spiro atoms. The zero-order chi connectivity index (χ0) is 18.0. The first-order valence-electron chi connectivity index (χ1n) is 8.29. The summed E-state index contributed by atoms with van der Waals surface area (Å²) in [4.78, 5) is 17.4. The first kappa shape index (κ1) is 18.0. The summed E-state index contributed by atoms with van der Waals surface area (Å²) in [6, 6.07) is 5.44. The smallest absolute Gasteiger partial charge is 0.315 e. The molecule has 7 heteroatoms. The van der Waals surface area contributed by atoms with Gasteiger partial charge in [0.25, 0.3) is 0 Å². The first-order chi connectivity index (χ1) is 12.1. The van der Waals surface area contributed by atoms with Gasteiger partial charge in [0, 0.05) is 17.2 Å². The van der Waals surface area contributed by atoms with Crippen LogP contribution in [-0.2, 0) is 9.53 Å². The Labute approximate surface area is 156 Å². The number of aromatic amines is 1. The number of esters is 1. The van der Waals surface area contributed by atoms with E-state index in [0.717, 1.165) is 23.3 Å². The van der Waals surface area contributed by atoms with Gasteiger partial charge in [-0.05, 0) is 25.0 Å². The van der Waals surface area contributed by atoms with Crippen molar-refractivity contribution in [2.45, 2.75) is 32.6 Å². The van der Waals surface area contributed by atoms with Crippen LogP contribution in [0.4, 0.5) is 5.82 Å². The van der Waals surface area contributed by atoms with Crippen LogP contribution in [0.3, 0.4) is 0 Å². The Morgan fingerprint density at radius 3 is 2.80 bits per heavy atom. The highest BCUT2D eigenvalue weighted by Gasteiger charge is 2.41. The number of aromatic nitrogens is 2. The van der Waals surface area contributed by atoms with Crippen LogP contribution in [0.25, 0.3) is 0 Å². The number of fused-ring (bicyclic) bond motifs is 1. The summed E-state index contributed by atoms with van der Waals surface area (Å²) in [6.45, 7) is 4.15. The van der Waals surface area contributed by atoms with Crippen LogP contribution in [0.2, 0.25) is 10.0 Å². The van der Waals surface area contributed by atoms with E-state index in [9.17, 15) is 4.79 Å². The third-order valence-corrected chi connectivity index (χ3v) is 5.13. The highest BCUT2D eigenvalue weighted by atomic mass is 35.5. The van der Waals surface area contributed by atoms with Crippen LogP contribution < -0.4 is 0 Å². The lowest BCUT2D eigenvalue weighted by molar-refractivity contribution is -0.146. The lowest BCUT2D eigenvalue weighted by Gasteiger charge is -2.31. The van der Waals surface area contributed by atoms with Crippen LogP contribution in [0, 0.1) is 5.92 Å². The van der Waals surface area contributed by atoms with Crippen molar-refractivity contribution in [3.05, 3.63) is 45.6 Å². The normalized spacial score (nSPS) is 19.3. The molecule has 0 bridgehead atoms. The fraction of sp³-hybridized carbons (Fsp3) is 0.389. The summed E-state index contributed by atoms with van der Waals surface area (Å²) in [5.74, 6) is -0.522. The van der Waals surface area contributed by atoms with Crippen LogP contribution in [0.1, 0.15) is 43.7 Å². The quantitative estimate of drug-likeness (QED) is 0.749. The van der Waals surface area contributed by atoms with Gasteiger partial charge in [-0.15, -0.1) is 0 Å². The molecule has 1 aromatic carbocycles. The van der Waals surface area contributed by atoms with Crippen molar-refractivity contribution in [3.8, 4) is 0 Å². The van der Waals surface area contributed by atoms with Crippen molar-refractivity contribution in [1.29, 1.82) is 0 Å². The van der Waals surface area contributed by atoms with E-state index in [1.54, 1.807) is 19.2 Å². The number of H-pyrrole nitrogens is 1. The molecule has 5 nitrogen and oxygen atoms in total. The second-order valence-electron chi connectivity index (χ2n) is 5.88. The predicted molar refractivity (Wildman–Crippen MR) is 99.0 cm³/mol. The number of hydrogen-bond acceptors (Lipinski definition) is 4. The second-order valence-corrected chi connectivity index (χ2v) is 6.66. The van der Waals surface area contributed by atoms with Gasteiger partial charge < -0.3 is 4.74 Å². The summed E-state index contributed by atoms with van der Waals surface area (Å²) in [5, 5.41) is 7.90. The van der Waals surface area contributed by atoms with Gasteiger partial charge in [0.2, 0.25) is 0 Å². The van der Waals surface area contributed by atoms with Crippen molar-refractivity contribution in [3.63, 3.8) is 0 Å². The fourth-order valence-electron chi connectivity index (χ4n) is 3.27. The number of ether oxygens (including phenoxy) is 1. The minimum Gasteiger partial charge on any atom is -0.465 e. The standard InChI is InChI=1S/C18H19Cl2N3O2/c1-3-6-13-15(18(24)25-4-2)14(11-9-21-23-17(11)22-13)10-7-5-8-12(19)16(10)20/h5,7-9,14-15H,3-4,6H2,1-2H3,(H,21,23). The Hall–Kier alpha value is -1.85. The lowest BCUT2D eigenvalue weighted by Crippen LogP contribution is -2.34. The van der Waals surface area contributed by atoms with Crippen molar-refractivity contribution in [2.75, 3.05) is 6.61 Å². The monoisotopic (exact) mass is 379 g/mol. The average Bonchev–Trinajstić information content (AvgIpc) is 3.05. The summed E-state index contributed by atoms with van der Waals surface area (Å²) in [5.41, 5.74) is 2.37. The van der Waals surface area contributed by atoms with E-state index >= 15 is 0 Å². The summed E-state index contributed by atoms with van der Waals surface area (Å²) >= 11 is 12.7. The van der Waals surface area contributed by atoms with Gasteiger partial charge in [-0.25, -0.2) is 4.99 Å². The largest absolute Gasteiger partial charge is 0.465 e. The van der Waals surface area contributed by atoms with Crippen molar-refractivity contribution in [1.82, 2.24) is 10.2 Å². The minimum atomic E-state index is -0.541. The number of aliphatic imine (C=N–C) groups is 1. The summed E-state index contributed by atoms with van der Waals surface area (Å²) in [7, 11) is 0. The van der Waals surface area contributed by atoms with E-state index in [-0.39, 0.29) is 11.9 Å². The maximum Gasteiger partial charge on any atom is 0.315 e. The molecule has 25 heavy (non-hydrogen) atoms. The van der Waals surface area contributed by atoms with E-state index in [4.69, 9.17) is 27.9 Å². The number of rotatable bonds is 5. The third-order valence-electron chi connectivity index (χ3n) is 4.29. The number of hydrogen-bond donors (Lipinski definition) is 1. The summed E-state index contributed by atoms with van der Waals surface area (Å²) < 4.78 is 5.34. The van der Waals surface area contributed by atoms with Crippen LogP contribution in [0.15, 0.2) is 29.4 Å². The molecule has 1 aromatic heterocycles. The average molecular weight is 380 g/mol. The Kier molecular flexibility index (Phi) is 5.45. The van der Waals surface area contributed by atoms with Crippen LogP contribution >= 0.6 is 23.2 Å². The van der Waals surface area contributed by atoms with E-state index in [1.807, 2.05) is 12.1 Å². The third kappa shape index (κ3) is 3.31. The van der Waals surface area contributed by atoms with Gasteiger partial charge in [0.1, 0.15) is 5.92 Å². The number of nitrogens with one attached hydrogen (secondary N) is 1. The molecule has 0 saturated heterocycles. The summed E-state index contributed by atoms with van der Waals surface area (Å²) in [6.07, 6.45) is 3.25. The number of halogens is 2. The molecule has 2 unspecified atom stereocenters. The molecule has 0 radical (unpaired) electrons. The van der Waals surface area contributed by atoms with Gasteiger partial charge in [-0.3, -0.25) is 9.89 Å². The highest BCUT2D eigenvalue weighted by molar-refractivity contribution is 6.42. The number of carbonyl (C=O) groups is 1. The molecule has 1 aliphatic heterocycles. The van der Waals surface area contributed by atoms with E-state index in [1.165, 1.54) is 0 Å². The fourth-order valence-corrected chi connectivity index (χ4v) is 3.70. The van der Waals surface area contributed by atoms with Crippen LogP contribution in [0.5, 0.6) is 0 Å². The van der Waals surface area contributed by atoms with Crippen molar-refractivity contribution >= 4 is 40.7 Å². The Balaban J connectivity index is 2.19. The zero-order valence-corrected chi connectivity index (χ0v) is 15.6. The molecule has 2 aromatic rings.